The fraction of sp³-hybridized carbons (Fsp3) is 0.462. The van der Waals surface area contributed by atoms with Crippen LogP contribution in [-0.2, 0) is 22.7 Å². The lowest BCUT2D eigenvalue weighted by Crippen LogP contribution is -2.50. The number of carbonyl (C=O) groups is 2. The molecule has 2 aromatic rings. The third kappa shape index (κ3) is 6.82. The van der Waals surface area contributed by atoms with E-state index in [0.29, 0.717) is 25.6 Å². The van der Waals surface area contributed by atoms with E-state index in [1.54, 1.807) is 11.9 Å². The maximum Gasteiger partial charge on any atom is 0.255 e. The van der Waals surface area contributed by atoms with Crippen molar-refractivity contribution < 1.29 is 19.8 Å². The minimum absolute atomic E-state index is 0.305. The van der Waals surface area contributed by atoms with Gasteiger partial charge in [-0.25, -0.2) is 4.31 Å². The summed E-state index contributed by atoms with van der Waals surface area (Å²) in [6.07, 6.45) is -1.68. The minimum atomic E-state index is -1.78. The van der Waals surface area contributed by atoms with E-state index in [9.17, 15) is 19.8 Å². The number of nitrogens with zero attached hydrogens (tertiary/aromatic N) is 2. The summed E-state index contributed by atoms with van der Waals surface area (Å²) < 4.78 is 2.32. The Balaban J connectivity index is 0.00000158. The summed E-state index contributed by atoms with van der Waals surface area (Å²) in [6, 6.07) is 17.9. The Bertz CT molecular complexity index is 910. The molecule has 0 spiro atoms. The highest BCUT2D eigenvalue weighted by atomic mass is 32.2. The molecule has 1 saturated heterocycles. The number of rotatable bonds is 7. The van der Waals surface area contributed by atoms with Gasteiger partial charge in [0, 0.05) is 37.6 Å². The summed E-state index contributed by atoms with van der Waals surface area (Å²) in [7, 11) is 0. The first-order valence-corrected chi connectivity index (χ1v) is 12.8. The van der Waals surface area contributed by atoms with E-state index in [-0.39, 0.29) is 0 Å². The van der Waals surface area contributed by atoms with Gasteiger partial charge in [0.2, 0.25) is 0 Å². The highest BCUT2D eigenvalue weighted by Gasteiger charge is 2.35. The first kappa shape index (κ1) is 26.2. The van der Waals surface area contributed by atoms with Gasteiger partial charge in [-0.1, -0.05) is 56.3 Å². The molecule has 0 radical (unpaired) electrons. The van der Waals surface area contributed by atoms with E-state index in [0.717, 1.165) is 37.1 Å². The molecule has 2 aromatic carbocycles. The second kappa shape index (κ2) is 12.9. The molecular weight excluding hydrogens is 450 g/mol. The van der Waals surface area contributed by atoms with Crippen LogP contribution in [0.5, 0.6) is 0 Å². The Kier molecular flexibility index (Phi) is 9.95. The van der Waals surface area contributed by atoms with Crippen LogP contribution in [-0.4, -0.2) is 63.1 Å². The van der Waals surface area contributed by atoms with Gasteiger partial charge >= 0.3 is 0 Å². The van der Waals surface area contributed by atoms with E-state index in [4.69, 9.17) is 0 Å². The summed E-state index contributed by atoms with van der Waals surface area (Å²) >= 11 is 1.74. The molecule has 184 valence electrons. The number of piperidine rings is 1. The number of nitrogens with one attached hydrogen (secondary N) is 1. The summed E-state index contributed by atoms with van der Waals surface area (Å²) in [5.74, 6) is -1.03. The molecule has 2 heterocycles. The van der Waals surface area contributed by atoms with Crippen LogP contribution in [0.15, 0.2) is 59.5 Å². The van der Waals surface area contributed by atoms with Gasteiger partial charge in [-0.3, -0.25) is 9.59 Å². The monoisotopic (exact) mass is 485 g/mol. The zero-order chi connectivity index (χ0) is 24.5. The van der Waals surface area contributed by atoms with Crippen molar-refractivity contribution in [2.45, 2.75) is 56.9 Å². The van der Waals surface area contributed by atoms with Crippen LogP contribution in [0.25, 0.3) is 0 Å². The lowest BCUT2D eigenvalue weighted by Gasteiger charge is -2.31. The molecule has 0 bridgehead atoms. The van der Waals surface area contributed by atoms with Crippen molar-refractivity contribution in [2.24, 2.45) is 5.92 Å². The van der Waals surface area contributed by atoms with E-state index in [1.165, 1.54) is 9.80 Å². The lowest BCUT2D eigenvalue weighted by molar-refractivity contribution is -0.153. The highest BCUT2D eigenvalue weighted by Crippen LogP contribution is 2.28. The normalized spacial score (nSPS) is 17.8. The smallest absolute Gasteiger partial charge is 0.255 e. The second-order valence-corrected chi connectivity index (χ2v) is 9.54. The largest absolute Gasteiger partial charge is 0.380 e. The maximum absolute atomic E-state index is 12.6. The Hall–Kier alpha value is -2.39. The lowest BCUT2D eigenvalue weighted by atomic mass is 9.98. The molecule has 0 unspecified atom stereocenters. The highest BCUT2D eigenvalue weighted by molar-refractivity contribution is 7.97. The van der Waals surface area contributed by atoms with Crippen molar-refractivity contribution in [3.8, 4) is 0 Å². The molecule has 0 aromatic heterocycles. The van der Waals surface area contributed by atoms with E-state index in [2.05, 4.69) is 21.8 Å². The van der Waals surface area contributed by atoms with E-state index in [1.807, 2.05) is 56.3 Å². The SMILES string of the molecule is CC.O=C(NCC1CCN(Sc2ccccc2)CC1)[C@H](O)[C@@H](O)C(=O)N1Cc2ccccc2C1. The van der Waals surface area contributed by atoms with Crippen molar-refractivity contribution in [1.29, 1.82) is 0 Å². The van der Waals surface area contributed by atoms with Crippen molar-refractivity contribution in [3.05, 3.63) is 65.7 Å². The predicted octanol–water partition coefficient (Wildman–Crippen LogP) is 2.81. The van der Waals surface area contributed by atoms with E-state index < -0.39 is 24.0 Å². The minimum Gasteiger partial charge on any atom is -0.380 e. The van der Waals surface area contributed by atoms with Gasteiger partial charge in [0.05, 0.1) is 0 Å². The number of amides is 2. The van der Waals surface area contributed by atoms with Crippen LogP contribution in [0.2, 0.25) is 0 Å². The standard InChI is InChI=1S/C24H29N3O4S.C2H6/c28-21(22(29)24(31)26-15-18-6-4-5-7-19(18)16-26)23(30)25-14-17-10-12-27(13-11-17)32-20-8-2-1-3-9-20;1-2/h1-9,17,21-22,28-29H,10-16H2,(H,25,30);1-2H3/t21-,22-;/m1./s1. The molecule has 3 N–H and O–H groups in total. The third-order valence-corrected chi connectivity index (χ3v) is 7.20. The van der Waals surface area contributed by atoms with Gasteiger partial charge in [-0.2, -0.15) is 0 Å². The number of carbonyl (C=O) groups excluding carboxylic acids is 2. The molecule has 1 fully saturated rings. The van der Waals surface area contributed by atoms with Gasteiger partial charge in [0.25, 0.3) is 11.8 Å². The van der Waals surface area contributed by atoms with Crippen LogP contribution in [0, 0.1) is 5.92 Å². The average Bonchev–Trinajstić information content (AvgIpc) is 3.33. The molecule has 4 rings (SSSR count). The third-order valence-electron chi connectivity index (χ3n) is 6.09. The Morgan fingerprint density at radius 2 is 1.50 bits per heavy atom. The Morgan fingerprint density at radius 3 is 2.09 bits per heavy atom. The van der Waals surface area contributed by atoms with Gasteiger partial charge in [0.15, 0.2) is 12.2 Å². The number of hydrogen-bond acceptors (Lipinski definition) is 6. The van der Waals surface area contributed by atoms with Gasteiger partial charge in [0.1, 0.15) is 0 Å². The molecule has 8 heteroatoms. The second-order valence-electron chi connectivity index (χ2n) is 8.37. The zero-order valence-corrected chi connectivity index (χ0v) is 20.7. The molecule has 34 heavy (non-hydrogen) atoms. The van der Waals surface area contributed by atoms with Crippen LogP contribution in [0.3, 0.4) is 0 Å². The quantitative estimate of drug-likeness (QED) is 0.523. The molecular formula is C26H35N3O4S. The average molecular weight is 486 g/mol. The topological polar surface area (TPSA) is 93.1 Å². The van der Waals surface area contributed by atoms with Crippen molar-refractivity contribution in [2.75, 3.05) is 19.6 Å². The summed E-state index contributed by atoms with van der Waals surface area (Å²) in [4.78, 5) is 27.6. The van der Waals surface area contributed by atoms with Gasteiger partial charge < -0.3 is 20.4 Å². The van der Waals surface area contributed by atoms with Crippen LogP contribution in [0.1, 0.15) is 37.8 Å². The van der Waals surface area contributed by atoms with Gasteiger partial charge in [-0.05, 0) is 54.0 Å². The summed E-state index contributed by atoms with van der Waals surface area (Å²) in [5.41, 5.74) is 2.03. The number of aliphatic hydroxyl groups excluding tert-OH is 2. The predicted molar refractivity (Wildman–Crippen MR) is 134 cm³/mol. The first-order valence-electron chi connectivity index (χ1n) is 12.0. The van der Waals surface area contributed by atoms with Crippen molar-refractivity contribution >= 4 is 23.8 Å². The molecule has 2 atom stereocenters. The maximum atomic E-state index is 12.6. The fourth-order valence-corrected chi connectivity index (χ4v) is 5.11. The zero-order valence-electron chi connectivity index (χ0n) is 19.9. The fourth-order valence-electron chi connectivity index (χ4n) is 4.14. The van der Waals surface area contributed by atoms with Crippen molar-refractivity contribution in [3.63, 3.8) is 0 Å². The summed E-state index contributed by atoms with van der Waals surface area (Å²) in [6.45, 7) is 7.01. The number of hydrogen-bond donors (Lipinski definition) is 3. The van der Waals surface area contributed by atoms with E-state index >= 15 is 0 Å². The molecule has 0 saturated carbocycles. The van der Waals surface area contributed by atoms with Crippen molar-refractivity contribution in [1.82, 2.24) is 14.5 Å². The van der Waals surface area contributed by atoms with Crippen LogP contribution < -0.4 is 5.32 Å². The molecule has 2 amide bonds. The molecule has 2 aliphatic heterocycles. The Morgan fingerprint density at radius 1 is 0.941 bits per heavy atom. The number of fused-ring (bicyclic) bond motifs is 1. The molecule has 7 nitrogen and oxygen atoms in total. The number of aliphatic hydroxyl groups is 2. The molecule has 2 aliphatic rings. The molecule has 0 aliphatic carbocycles. The van der Waals surface area contributed by atoms with Crippen LogP contribution >= 0.6 is 11.9 Å². The van der Waals surface area contributed by atoms with Gasteiger partial charge in [-0.15, -0.1) is 0 Å². The number of benzene rings is 2. The first-order chi connectivity index (χ1) is 16.5. The summed E-state index contributed by atoms with van der Waals surface area (Å²) in [5, 5.41) is 23.3. The Labute approximate surface area is 206 Å². The van der Waals surface area contributed by atoms with Crippen LogP contribution in [0.4, 0.5) is 0 Å².